The van der Waals surface area contributed by atoms with Crippen LogP contribution >= 0.6 is 38.9 Å². The highest BCUT2D eigenvalue weighted by atomic mass is 79.9. The molecule has 100 valence electrons. The lowest BCUT2D eigenvalue weighted by atomic mass is 9.97. The zero-order valence-electron chi connectivity index (χ0n) is 10.3. The molecule has 0 spiro atoms. The Balaban J connectivity index is 1.51. The van der Waals surface area contributed by atoms with Gasteiger partial charge in [0.05, 0.1) is 0 Å². The molecule has 3 rings (SSSR count). The summed E-state index contributed by atoms with van der Waals surface area (Å²) in [5.74, 6) is 0. The van der Waals surface area contributed by atoms with Crippen molar-refractivity contribution < 1.29 is 0 Å². The van der Waals surface area contributed by atoms with Crippen LogP contribution in [-0.4, -0.2) is 30.1 Å². The molecule has 0 aliphatic carbocycles. The molecule has 0 saturated carbocycles. The minimum atomic E-state index is 0.684. The van der Waals surface area contributed by atoms with Crippen LogP contribution in [0.15, 0.2) is 10.5 Å². The Kier molecular flexibility index (Phi) is 4.31. The maximum atomic E-state index is 6.06. The Hall–Kier alpha value is 0.390. The summed E-state index contributed by atoms with van der Waals surface area (Å²) in [5, 5.41) is 3.70. The minimum Gasteiger partial charge on any atom is -0.309 e. The normalized spacial score (nSPS) is 28.6. The summed E-state index contributed by atoms with van der Waals surface area (Å²) >= 11 is 11.2. The van der Waals surface area contributed by atoms with Gasteiger partial charge in [-0.1, -0.05) is 11.6 Å². The molecule has 2 fully saturated rings. The van der Waals surface area contributed by atoms with Gasteiger partial charge in [-0.3, -0.25) is 0 Å². The highest BCUT2D eigenvalue weighted by molar-refractivity contribution is 9.10. The summed E-state index contributed by atoms with van der Waals surface area (Å²) in [7, 11) is 0. The van der Waals surface area contributed by atoms with E-state index in [4.69, 9.17) is 11.6 Å². The van der Waals surface area contributed by atoms with Crippen LogP contribution in [0, 0.1) is 0 Å². The predicted molar refractivity (Wildman–Crippen MR) is 81.5 cm³/mol. The van der Waals surface area contributed by atoms with Crippen molar-refractivity contribution in [3.8, 4) is 0 Å². The maximum absolute atomic E-state index is 6.06. The second-order valence-electron chi connectivity index (χ2n) is 5.27. The Morgan fingerprint density at radius 2 is 2.33 bits per heavy atom. The van der Waals surface area contributed by atoms with E-state index in [-0.39, 0.29) is 0 Å². The Labute approximate surface area is 126 Å². The molecule has 2 aliphatic heterocycles. The topological polar surface area (TPSA) is 15.3 Å². The van der Waals surface area contributed by atoms with Crippen molar-refractivity contribution in [2.75, 3.05) is 13.1 Å². The van der Waals surface area contributed by atoms with Crippen molar-refractivity contribution in [1.29, 1.82) is 0 Å². The summed E-state index contributed by atoms with van der Waals surface area (Å²) < 4.78 is 1.88. The molecular formula is C13H18BrClN2S. The van der Waals surface area contributed by atoms with Gasteiger partial charge in [0, 0.05) is 28.0 Å². The van der Waals surface area contributed by atoms with Gasteiger partial charge in [0.1, 0.15) is 4.34 Å². The van der Waals surface area contributed by atoms with Crippen molar-refractivity contribution in [2.45, 2.75) is 44.3 Å². The number of hydrogen-bond donors (Lipinski definition) is 1. The van der Waals surface area contributed by atoms with Crippen LogP contribution in [-0.2, 0) is 6.54 Å². The minimum absolute atomic E-state index is 0.684. The molecule has 18 heavy (non-hydrogen) atoms. The molecule has 2 aliphatic rings. The number of fused-ring (bicyclic) bond motifs is 1. The standard InChI is InChI=1S/C13H18BrClN2S/c14-12-7-11(18-13(12)15)8-16-9-3-5-17-4-1-2-10(17)6-9/h7,9-10,16H,1-6,8H2. The Bertz CT molecular complexity index is 404. The Morgan fingerprint density at radius 1 is 1.44 bits per heavy atom. The van der Waals surface area contributed by atoms with E-state index < -0.39 is 0 Å². The van der Waals surface area contributed by atoms with Gasteiger partial charge >= 0.3 is 0 Å². The maximum Gasteiger partial charge on any atom is 0.107 e. The smallest absolute Gasteiger partial charge is 0.107 e. The highest BCUT2D eigenvalue weighted by Crippen LogP contribution is 2.32. The molecule has 0 bridgehead atoms. The third-order valence-corrected chi connectivity index (χ3v) is 6.56. The van der Waals surface area contributed by atoms with Crippen LogP contribution in [0.3, 0.4) is 0 Å². The van der Waals surface area contributed by atoms with Gasteiger partial charge in [-0.05, 0) is 60.8 Å². The molecule has 1 aromatic heterocycles. The van der Waals surface area contributed by atoms with Gasteiger partial charge in [0.15, 0.2) is 0 Å². The molecule has 1 N–H and O–H groups in total. The zero-order valence-corrected chi connectivity index (χ0v) is 13.5. The van der Waals surface area contributed by atoms with Crippen LogP contribution in [0.2, 0.25) is 4.34 Å². The predicted octanol–water partition coefficient (Wildman–Crippen LogP) is 3.88. The van der Waals surface area contributed by atoms with E-state index in [1.807, 2.05) is 0 Å². The molecule has 0 aromatic carbocycles. The van der Waals surface area contributed by atoms with Gasteiger partial charge < -0.3 is 10.2 Å². The second-order valence-corrected chi connectivity index (χ2v) is 7.86. The number of halogens is 2. The molecule has 2 unspecified atom stereocenters. The molecule has 3 heterocycles. The van der Waals surface area contributed by atoms with Crippen LogP contribution in [0.4, 0.5) is 0 Å². The second kappa shape index (κ2) is 5.80. The average molecular weight is 350 g/mol. The van der Waals surface area contributed by atoms with Gasteiger partial charge in [-0.2, -0.15) is 0 Å². The number of nitrogens with one attached hydrogen (secondary N) is 1. The molecule has 1 aromatic rings. The quantitative estimate of drug-likeness (QED) is 0.891. The third-order valence-electron chi connectivity index (χ3n) is 4.08. The van der Waals surface area contributed by atoms with Gasteiger partial charge in [0.2, 0.25) is 0 Å². The molecule has 2 saturated heterocycles. The van der Waals surface area contributed by atoms with E-state index in [1.165, 1.54) is 43.6 Å². The number of hydrogen-bond acceptors (Lipinski definition) is 3. The fraction of sp³-hybridized carbons (Fsp3) is 0.692. The van der Waals surface area contributed by atoms with Crippen molar-refractivity contribution in [3.63, 3.8) is 0 Å². The summed E-state index contributed by atoms with van der Waals surface area (Å²) in [6.45, 7) is 3.55. The fourth-order valence-corrected chi connectivity index (χ4v) is 4.87. The summed E-state index contributed by atoms with van der Waals surface area (Å²) in [5.41, 5.74) is 0. The van der Waals surface area contributed by atoms with Gasteiger partial charge in [-0.15, -0.1) is 11.3 Å². The lowest BCUT2D eigenvalue weighted by Crippen LogP contribution is -2.45. The largest absolute Gasteiger partial charge is 0.309 e. The van der Waals surface area contributed by atoms with Crippen LogP contribution < -0.4 is 5.32 Å². The van der Waals surface area contributed by atoms with E-state index in [1.54, 1.807) is 11.3 Å². The van der Waals surface area contributed by atoms with E-state index in [0.717, 1.165) is 21.4 Å². The van der Waals surface area contributed by atoms with Crippen molar-refractivity contribution in [3.05, 3.63) is 19.8 Å². The summed E-state index contributed by atoms with van der Waals surface area (Å²) in [6.07, 6.45) is 5.40. The Morgan fingerprint density at radius 3 is 3.11 bits per heavy atom. The zero-order chi connectivity index (χ0) is 12.5. The van der Waals surface area contributed by atoms with E-state index in [0.29, 0.717) is 6.04 Å². The molecule has 5 heteroatoms. The van der Waals surface area contributed by atoms with E-state index in [2.05, 4.69) is 32.2 Å². The number of thiophene rings is 1. The first-order chi connectivity index (χ1) is 8.72. The highest BCUT2D eigenvalue weighted by Gasteiger charge is 2.31. The lowest BCUT2D eigenvalue weighted by Gasteiger charge is -2.35. The number of piperidine rings is 1. The summed E-state index contributed by atoms with van der Waals surface area (Å²) in [4.78, 5) is 3.98. The molecule has 2 atom stereocenters. The first kappa shape index (κ1) is 13.4. The first-order valence-corrected chi connectivity index (χ1v) is 8.62. The average Bonchev–Trinajstić information content (AvgIpc) is 2.94. The molecule has 0 amide bonds. The monoisotopic (exact) mass is 348 g/mol. The van der Waals surface area contributed by atoms with Gasteiger partial charge in [0.25, 0.3) is 0 Å². The first-order valence-electron chi connectivity index (χ1n) is 6.63. The van der Waals surface area contributed by atoms with Crippen molar-refractivity contribution in [2.24, 2.45) is 0 Å². The fourth-order valence-electron chi connectivity index (χ4n) is 3.13. The molecular weight excluding hydrogens is 332 g/mol. The lowest BCUT2D eigenvalue weighted by molar-refractivity contribution is 0.166. The van der Waals surface area contributed by atoms with Crippen LogP contribution in [0.25, 0.3) is 0 Å². The van der Waals surface area contributed by atoms with E-state index in [9.17, 15) is 0 Å². The summed E-state index contributed by atoms with van der Waals surface area (Å²) in [6, 6.07) is 3.66. The molecule has 0 radical (unpaired) electrons. The SMILES string of the molecule is Clc1sc(CNC2CCN3CCCC3C2)cc1Br. The van der Waals surface area contributed by atoms with Crippen LogP contribution in [0.1, 0.15) is 30.6 Å². The third kappa shape index (κ3) is 2.93. The van der Waals surface area contributed by atoms with Crippen molar-refractivity contribution >= 4 is 38.9 Å². The molecule has 2 nitrogen and oxygen atoms in total. The number of nitrogens with zero attached hydrogens (tertiary/aromatic N) is 1. The van der Waals surface area contributed by atoms with Crippen LogP contribution in [0.5, 0.6) is 0 Å². The van der Waals surface area contributed by atoms with Gasteiger partial charge in [-0.25, -0.2) is 0 Å². The van der Waals surface area contributed by atoms with E-state index >= 15 is 0 Å². The van der Waals surface area contributed by atoms with Crippen molar-refractivity contribution in [1.82, 2.24) is 10.2 Å². The number of rotatable bonds is 3.